The lowest BCUT2D eigenvalue weighted by atomic mass is 10.1. The molecule has 0 aliphatic carbocycles. The van der Waals surface area contributed by atoms with Crippen LogP contribution in [0.1, 0.15) is 53.6 Å². The van der Waals surface area contributed by atoms with Gasteiger partial charge in [0.2, 0.25) is 5.91 Å². The quantitative estimate of drug-likeness (QED) is 0.476. The van der Waals surface area contributed by atoms with Crippen molar-refractivity contribution in [3.05, 3.63) is 59.2 Å². The number of unbranched alkanes of at least 4 members (excludes halogenated alkanes) is 1. The van der Waals surface area contributed by atoms with Crippen molar-refractivity contribution in [2.45, 2.75) is 57.7 Å². The number of benzene rings is 2. The zero-order valence-electron chi connectivity index (χ0n) is 24.2. The zero-order chi connectivity index (χ0) is 28.4. The molecule has 5 rings (SSSR count). The molecule has 41 heavy (non-hydrogen) atoms. The highest BCUT2D eigenvalue weighted by Gasteiger charge is 2.35. The predicted octanol–water partition coefficient (Wildman–Crippen LogP) is 3.15. The van der Waals surface area contributed by atoms with Crippen LogP contribution in [0.3, 0.4) is 0 Å². The Morgan fingerprint density at radius 2 is 1.83 bits per heavy atom. The van der Waals surface area contributed by atoms with Crippen LogP contribution in [-0.4, -0.2) is 92.8 Å². The topological polar surface area (TPSA) is 92.4 Å². The van der Waals surface area contributed by atoms with Crippen molar-refractivity contribution >= 4 is 11.8 Å². The lowest BCUT2D eigenvalue weighted by Crippen LogP contribution is -2.44. The summed E-state index contributed by atoms with van der Waals surface area (Å²) in [7, 11) is 0. The highest BCUT2D eigenvalue weighted by molar-refractivity contribution is 5.94. The van der Waals surface area contributed by atoms with E-state index in [4.69, 9.17) is 14.2 Å². The molecular formula is C32H44N4O5. The molecule has 4 bridgehead atoms. The van der Waals surface area contributed by atoms with Gasteiger partial charge in [-0.2, -0.15) is 0 Å². The Kier molecular flexibility index (Phi) is 10.5. The van der Waals surface area contributed by atoms with Crippen molar-refractivity contribution in [2.24, 2.45) is 0 Å². The molecule has 0 spiro atoms. The third-order valence-electron chi connectivity index (χ3n) is 8.33. The molecule has 2 N–H and O–H groups in total. The number of carbonyl (C=O) groups excluding carboxylic acids is 2. The first kappa shape index (κ1) is 29.4. The van der Waals surface area contributed by atoms with Crippen LogP contribution in [0.25, 0.3) is 0 Å². The third kappa shape index (κ3) is 8.44. The number of morpholine rings is 1. The number of aryl methyl sites for hydroxylation is 1. The van der Waals surface area contributed by atoms with E-state index in [9.17, 15) is 9.59 Å². The number of amides is 2. The number of carbonyl (C=O) groups is 2. The molecule has 0 aromatic heterocycles. The molecule has 3 heterocycles. The number of nitrogens with one attached hydrogen (secondary N) is 2. The van der Waals surface area contributed by atoms with Crippen molar-refractivity contribution in [2.75, 3.05) is 59.2 Å². The fourth-order valence-electron chi connectivity index (χ4n) is 5.96. The van der Waals surface area contributed by atoms with Crippen LogP contribution in [0.4, 0.5) is 0 Å². The molecule has 0 unspecified atom stereocenters. The van der Waals surface area contributed by atoms with Crippen LogP contribution < -0.4 is 20.1 Å². The van der Waals surface area contributed by atoms with E-state index < -0.39 is 0 Å². The molecular weight excluding hydrogens is 520 g/mol. The summed E-state index contributed by atoms with van der Waals surface area (Å²) in [6.07, 6.45) is 4.40. The Bertz CT molecular complexity index is 1170. The van der Waals surface area contributed by atoms with Crippen molar-refractivity contribution in [3.8, 4) is 11.5 Å². The van der Waals surface area contributed by atoms with Gasteiger partial charge in [-0.3, -0.25) is 19.4 Å². The van der Waals surface area contributed by atoms with Gasteiger partial charge in [0.25, 0.3) is 5.91 Å². The fourth-order valence-corrected chi connectivity index (χ4v) is 5.96. The van der Waals surface area contributed by atoms with E-state index in [-0.39, 0.29) is 23.9 Å². The van der Waals surface area contributed by atoms with Crippen molar-refractivity contribution in [1.29, 1.82) is 0 Å². The summed E-state index contributed by atoms with van der Waals surface area (Å²) in [4.78, 5) is 30.7. The summed E-state index contributed by atoms with van der Waals surface area (Å²) >= 11 is 0. The molecule has 2 amide bonds. The van der Waals surface area contributed by atoms with Gasteiger partial charge in [-0.15, -0.1) is 0 Å². The summed E-state index contributed by atoms with van der Waals surface area (Å²) in [6.45, 7) is 9.46. The highest BCUT2D eigenvalue weighted by Crippen LogP contribution is 2.29. The zero-order valence-corrected chi connectivity index (χ0v) is 24.2. The van der Waals surface area contributed by atoms with E-state index in [1.54, 1.807) is 6.07 Å². The van der Waals surface area contributed by atoms with Gasteiger partial charge >= 0.3 is 0 Å². The molecule has 9 nitrogen and oxygen atoms in total. The van der Waals surface area contributed by atoms with Gasteiger partial charge in [-0.1, -0.05) is 18.2 Å². The van der Waals surface area contributed by atoms with E-state index in [2.05, 4.69) is 32.6 Å². The van der Waals surface area contributed by atoms with Gasteiger partial charge in [0.1, 0.15) is 18.1 Å². The number of ether oxygens (including phenoxy) is 3. The van der Waals surface area contributed by atoms with Crippen LogP contribution in [-0.2, 0) is 16.1 Å². The van der Waals surface area contributed by atoms with Crippen LogP contribution in [0, 0.1) is 6.92 Å². The molecule has 0 saturated carbocycles. The summed E-state index contributed by atoms with van der Waals surface area (Å²) in [5.41, 5.74) is 2.69. The first-order valence-corrected chi connectivity index (χ1v) is 15.1. The van der Waals surface area contributed by atoms with Crippen molar-refractivity contribution in [3.63, 3.8) is 0 Å². The highest BCUT2D eigenvalue weighted by atomic mass is 16.5. The normalized spacial score (nSPS) is 22.7. The first-order chi connectivity index (χ1) is 20.0. The van der Waals surface area contributed by atoms with E-state index in [1.807, 2.05) is 31.2 Å². The molecule has 3 aliphatic rings. The van der Waals surface area contributed by atoms with Gasteiger partial charge in [-0.05, 0) is 74.5 Å². The second-order valence-corrected chi connectivity index (χ2v) is 11.3. The summed E-state index contributed by atoms with van der Waals surface area (Å²) in [6, 6.07) is 14.1. The number of hydrogen-bond acceptors (Lipinski definition) is 7. The van der Waals surface area contributed by atoms with Gasteiger partial charge in [0, 0.05) is 50.2 Å². The molecule has 2 atom stereocenters. The number of fused-ring (bicyclic) bond motifs is 4. The summed E-state index contributed by atoms with van der Waals surface area (Å²) in [5.74, 6) is 1.47. The predicted molar refractivity (Wildman–Crippen MR) is 157 cm³/mol. The summed E-state index contributed by atoms with van der Waals surface area (Å²) < 4.78 is 17.4. The molecule has 2 aromatic rings. The Morgan fingerprint density at radius 3 is 2.71 bits per heavy atom. The van der Waals surface area contributed by atoms with Crippen LogP contribution in [0.15, 0.2) is 42.5 Å². The number of hydrogen-bond donors (Lipinski definition) is 2. The third-order valence-corrected chi connectivity index (χ3v) is 8.33. The number of rotatable bonds is 8. The smallest absolute Gasteiger partial charge is 0.251 e. The Morgan fingerprint density at radius 1 is 0.976 bits per heavy atom. The lowest BCUT2D eigenvalue weighted by molar-refractivity contribution is -0.122. The van der Waals surface area contributed by atoms with E-state index >= 15 is 0 Å². The van der Waals surface area contributed by atoms with Crippen LogP contribution >= 0.6 is 0 Å². The molecule has 222 valence electrons. The largest absolute Gasteiger partial charge is 0.494 e. The minimum Gasteiger partial charge on any atom is -0.494 e. The fraction of sp³-hybridized carbons (Fsp3) is 0.562. The maximum absolute atomic E-state index is 13.0. The molecule has 0 radical (unpaired) electrons. The van der Waals surface area contributed by atoms with Gasteiger partial charge in [-0.25, -0.2) is 0 Å². The lowest BCUT2D eigenvalue weighted by Gasteiger charge is -2.30. The SMILES string of the molecule is Cc1ccc2cc1OCCNC(=O)C[C@@H]1CC[C@H](CNC2=O)N1Cc1cccc(OCCCCN2CCOCC2)c1. The second kappa shape index (κ2) is 14.7. The average molecular weight is 565 g/mol. The maximum atomic E-state index is 13.0. The van der Waals surface area contributed by atoms with Gasteiger partial charge in [0.15, 0.2) is 0 Å². The van der Waals surface area contributed by atoms with E-state index in [0.29, 0.717) is 50.6 Å². The Labute approximate surface area is 243 Å². The minimum atomic E-state index is -0.105. The van der Waals surface area contributed by atoms with E-state index in [1.165, 1.54) is 0 Å². The summed E-state index contributed by atoms with van der Waals surface area (Å²) in [5, 5.41) is 6.15. The monoisotopic (exact) mass is 564 g/mol. The van der Waals surface area contributed by atoms with Crippen molar-refractivity contribution in [1.82, 2.24) is 20.4 Å². The van der Waals surface area contributed by atoms with Crippen LogP contribution in [0.5, 0.6) is 11.5 Å². The molecule has 2 fully saturated rings. The molecule has 2 aromatic carbocycles. The maximum Gasteiger partial charge on any atom is 0.251 e. The Hall–Kier alpha value is -3.14. The van der Waals surface area contributed by atoms with Gasteiger partial charge in [0.05, 0.1) is 26.4 Å². The average Bonchev–Trinajstić information content (AvgIpc) is 3.35. The molecule has 3 aliphatic heterocycles. The van der Waals surface area contributed by atoms with Crippen LogP contribution in [0.2, 0.25) is 0 Å². The molecule has 2 saturated heterocycles. The van der Waals surface area contributed by atoms with E-state index in [0.717, 1.165) is 75.4 Å². The Balaban J connectivity index is 1.20. The molecule has 9 heteroatoms. The standard InChI is InChI=1S/C32H44N4O5/c1-24-7-8-26-20-30(24)41-16-11-33-31(37)21-27-9-10-28(22-34-32(26)38)36(27)23-25-5-4-6-29(19-25)40-15-3-2-12-35-13-17-39-18-14-35/h4-8,19-20,27-28H,2-3,9-18,21-23H2,1H3,(H,33,37)(H,34,38)/t27-,28+/m0/s1. The number of nitrogens with zero attached hydrogens (tertiary/aromatic N) is 2. The van der Waals surface area contributed by atoms with Gasteiger partial charge < -0.3 is 24.8 Å². The van der Waals surface area contributed by atoms with Crippen molar-refractivity contribution < 1.29 is 23.8 Å². The minimum absolute atomic E-state index is 0.0304. The first-order valence-electron chi connectivity index (χ1n) is 15.1. The second-order valence-electron chi connectivity index (χ2n) is 11.3.